The second-order valence-electron chi connectivity index (χ2n) is 2.21. The minimum absolute atomic E-state index is 0.790. The summed E-state index contributed by atoms with van der Waals surface area (Å²) >= 11 is 7.49. The highest BCUT2D eigenvalue weighted by molar-refractivity contribution is 7.99. The van der Waals surface area contributed by atoms with E-state index >= 15 is 0 Å². The largest absolute Gasteiger partial charge is 0.382 e. The van der Waals surface area contributed by atoms with Crippen molar-refractivity contribution in [1.82, 2.24) is 0 Å². The lowest BCUT2D eigenvalue weighted by Crippen LogP contribution is -1.95. The zero-order valence-electron chi connectivity index (χ0n) is 7.14. The van der Waals surface area contributed by atoms with Crippen LogP contribution in [0.15, 0.2) is 0 Å². The molecule has 0 unspecified atom stereocenters. The standard InChI is InChI=1S/C8H17ClOS/c1-2-10-6-4-8-11-7-3-5-9/h2-8H2,1H3. The fraction of sp³-hybridized carbons (Fsp3) is 1.00. The summed E-state index contributed by atoms with van der Waals surface area (Å²) in [6, 6.07) is 0. The van der Waals surface area contributed by atoms with Crippen LogP contribution in [0.5, 0.6) is 0 Å². The van der Waals surface area contributed by atoms with Crippen LogP contribution in [0.25, 0.3) is 0 Å². The van der Waals surface area contributed by atoms with Gasteiger partial charge in [0.05, 0.1) is 0 Å². The molecular formula is C8H17ClOS. The predicted octanol–water partition coefficient (Wildman–Crippen LogP) is 2.78. The lowest BCUT2D eigenvalue weighted by molar-refractivity contribution is 0.149. The molecule has 0 heterocycles. The van der Waals surface area contributed by atoms with Crippen molar-refractivity contribution in [2.24, 2.45) is 0 Å². The smallest absolute Gasteiger partial charge is 0.0473 e. The quantitative estimate of drug-likeness (QED) is 0.436. The highest BCUT2D eigenvalue weighted by Gasteiger charge is 1.89. The maximum Gasteiger partial charge on any atom is 0.0473 e. The number of rotatable bonds is 8. The molecule has 0 aromatic rings. The van der Waals surface area contributed by atoms with Gasteiger partial charge in [0, 0.05) is 19.1 Å². The van der Waals surface area contributed by atoms with Crippen molar-refractivity contribution in [2.45, 2.75) is 19.8 Å². The molecule has 0 atom stereocenters. The molecular weight excluding hydrogens is 180 g/mol. The van der Waals surface area contributed by atoms with E-state index in [1.807, 2.05) is 18.7 Å². The van der Waals surface area contributed by atoms with Gasteiger partial charge in [-0.1, -0.05) is 0 Å². The van der Waals surface area contributed by atoms with Crippen LogP contribution < -0.4 is 0 Å². The molecule has 0 saturated carbocycles. The van der Waals surface area contributed by atoms with Gasteiger partial charge in [-0.3, -0.25) is 0 Å². The van der Waals surface area contributed by atoms with Gasteiger partial charge in [0.2, 0.25) is 0 Å². The van der Waals surface area contributed by atoms with Crippen LogP contribution in [0.3, 0.4) is 0 Å². The van der Waals surface area contributed by atoms with Crippen LogP contribution in [-0.4, -0.2) is 30.6 Å². The summed E-state index contributed by atoms with van der Waals surface area (Å²) < 4.78 is 5.20. The molecule has 68 valence electrons. The maximum absolute atomic E-state index is 5.53. The molecule has 0 spiro atoms. The van der Waals surface area contributed by atoms with E-state index in [1.54, 1.807) is 0 Å². The molecule has 0 rings (SSSR count). The zero-order valence-corrected chi connectivity index (χ0v) is 8.72. The van der Waals surface area contributed by atoms with Crippen molar-refractivity contribution in [3.8, 4) is 0 Å². The lowest BCUT2D eigenvalue weighted by atomic mass is 10.5. The third-order valence-electron chi connectivity index (χ3n) is 1.20. The van der Waals surface area contributed by atoms with E-state index in [0.29, 0.717) is 0 Å². The number of hydrogen-bond donors (Lipinski definition) is 0. The summed E-state index contributed by atoms with van der Waals surface area (Å²) in [7, 11) is 0. The molecule has 0 aliphatic heterocycles. The highest BCUT2D eigenvalue weighted by atomic mass is 35.5. The molecule has 0 N–H and O–H groups in total. The highest BCUT2D eigenvalue weighted by Crippen LogP contribution is 2.04. The fourth-order valence-corrected chi connectivity index (χ4v) is 1.83. The predicted molar refractivity (Wildman–Crippen MR) is 53.8 cm³/mol. The molecule has 0 aromatic heterocycles. The summed E-state index contributed by atoms with van der Waals surface area (Å²) in [5.74, 6) is 3.19. The molecule has 0 radical (unpaired) electrons. The second-order valence-corrected chi connectivity index (χ2v) is 3.81. The SMILES string of the molecule is CCOCCCSCCCCl. The number of halogens is 1. The third-order valence-corrected chi connectivity index (χ3v) is 2.63. The molecule has 1 nitrogen and oxygen atoms in total. The van der Waals surface area contributed by atoms with Crippen molar-refractivity contribution < 1.29 is 4.74 Å². The third kappa shape index (κ3) is 10.6. The Bertz CT molecular complexity index is 63.1. The molecule has 11 heavy (non-hydrogen) atoms. The first-order valence-corrected chi connectivity index (χ1v) is 5.82. The Morgan fingerprint density at radius 3 is 2.64 bits per heavy atom. The average molecular weight is 197 g/mol. The fourth-order valence-electron chi connectivity index (χ4n) is 0.666. The summed E-state index contributed by atoms with van der Waals surface area (Å²) in [5, 5.41) is 0. The van der Waals surface area contributed by atoms with Gasteiger partial charge >= 0.3 is 0 Å². The topological polar surface area (TPSA) is 9.23 Å². The van der Waals surface area contributed by atoms with Gasteiger partial charge in [-0.2, -0.15) is 11.8 Å². The molecule has 0 bridgehead atoms. The maximum atomic E-state index is 5.53. The zero-order chi connectivity index (χ0) is 8.36. The Morgan fingerprint density at radius 2 is 2.00 bits per heavy atom. The van der Waals surface area contributed by atoms with Crippen LogP contribution in [0.1, 0.15) is 19.8 Å². The van der Waals surface area contributed by atoms with E-state index in [9.17, 15) is 0 Å². The van der Waals surface area contributed by atoms with Gasteiger partial charge in [0.25, 0.3) is 0 Å². The average Bonchev–Trinajstić information content (AvgIpc) is 2.03. The van der Waals surface area contributed by atoms with Crippen molar-refractivity contribution >= 4 is 23.4 Å². The Morgan fingerprint density at radius 1 is 1.27 bits per heavy atom. The number of hydrogen-bond acceptors (Lipinski definition) is 2. The molecule has 0 aliphatic rings. The van der Waals surface area contributed by atoms with Gasteiger partial charge in [-0.15, -0.1) is 11.6 Å². The summed E-state index contributed by atoms with van der Waals surface area (Å²) in [6.45, 7) is 3.78. The van der Waals surface area contributed by atoms with E-state index < -0.39 is 0 Å². The Kier molecular flexibility index (Phi) is 11.2. The second kappa shape index (κ2) is 10.6. The van der Waals surface area contributed by atoms with Crippen LogP contribution in [0, 0.1) is 0 Å². The molecule has 3 heteroatoms. The number of thioether (sulfide) groups is 1. The molecule has 0 aromatic carbocycles. The Balaban J connectivity index is 2.69. The van der Waals surface area contributed by atoms with E-state index in [1.165, 1.54) is 17.9 Å². The van der Waals surface area contributed by atoms with Crippen molar-refractivity contribution in [2.75, 3.05) is 30.6 Å². The van der Waals surface area contributed by atoms with Crippen LogP contribution >= 0.6 is 23.4 Å². The van der Waals surface area contributed by atoms with E-state index in [4.69, 9.17) is 16.3 Å². The van der Waals surface area contributed by atoms with Gasteiger partial charge < -0.3 is 4.74 Å². The molecule has 0 aliphatic carbocycles. The van der Waals surface area contributed by atoms with Crippen LogP contribution in [-0.2, 0) is 4.74 Å². The first-order chi connectivity index (χ1) is 5.41. The van der Waals surface area contributed by atoms with Crippen LogP contribution in [0.4, 0.5) is 0 Å². The first kappa shape index (κ1) is 11.6. The minimum Gasteiger partial charge on any atom is -0.382 e. The number of ether oxygens (including phenoxy) is 1. The minimum atomic E-state index is 0.790. The van der Waals surface area contributed by atoms with Gasteiger partial charge in [-0.25, -0.2) is 0 Å². The van der Waals surface area contributed by atoms with E-state index in [-0.39, 0.29) is 0 Å². The summed E-state index contributed by atoms with van der Waals surface area (Å²) in [6.07, 6.45) is 2.29. The molecule has 0 fully saturated rings. The Hall–Kier alpha value is 0.600. The van der Waals surface area contributed by atoms with Gasteiger partial charge in [0.15, 0.2) is 0 Å². The number of alkyl halides is 1. The summed E-state index contributed by atoms with van der Waals surface area (Å²) in [4.78, 5) is 0. The first-order valence-electron chi connectivity index (χ1n) is 4.13. The Labute approximate surface area is 78.8 Å². The molecule has 0 amide bonds. The van der Waals surface area contributed by atoms with Crippen molar-refractivity contribution in [1.29, 1.82) is 0 Å². The lowest BCUT2D eigenvalue weighted by Gasteiger charge is -2.00. The van der Waals surface area contributed by atoms with Crippen molar-refractivity contribution in [3.05, 3.63) is 0 Å². The van der Waals surface area contributed by atoms with Crippen LogP contribution in [0.2, 0.25) is 0 Å². The summed E-state index contributed by atoms with van der Waals surface area (Å²) in [5.41, 5.74) is 0. The van der Waals surface area contributed by atoms with Gasteiger partial charge in [0.1, 0.15) is 0 Å². The normalized spacial score (nSPS) is 10.4. The molecule has 0 saturated heterocycles. The monoisotopic (exact) mass is 196 g/mol. The van der Waals surface area contributed by atoms with Crippen molar-refractivity contribution in [3.63, 3.8) is 0 Å². The van der Waals surface area contributed by atoms with E-state index in [0.717, 1.165) is 25.5 Å². The van der Waals surface area contributed by atoms with Gasteiger partial charge in [-0.05, 0) is 31.3 Å². The van der Waals surface area contributed by atoms with E-state index in [2.05, 4.69) is 0 Å².